The molecule has 0 saturated carbocycles. The average Bonchev–Trinajstić information content (AvgIpc) is 1.76. The minimum Gasteiger partial charge on any atom is 0.0258 e. The van der Waals surface area contributed by atoms with Crippen LogP contribution in [0.1, 0.15) is 0 Å². The topological polar surface area (TPSA) is 0 Å². The summed E-state index contributed by atoms with van der Waals surface area (Å²) in [5.41, 5.74) is 0. The lowest BCUT2D eigenvalue weighted by Crippen LogP contribution is -2.02. The number of rotatable bonds is 0. The first-order valence-electron chi connectivity index (χ1n) is 1.25. The maximum Gasteiger partial charge on any atom is 0.356 e. The predicted molar refractivity (Wildman–Crippen MR) is 28.8 cm³/mol. The standard InChI is InChI=1S/Si5/c1-2-4-5-3-1/q+1. The van der Waals surface area contributed by atoms with Crippen molar-refractivity contribution in [2.24, 2.45) is 0 Å². The van der Waals surface area contributed by atoms with Gasteiger partial charge in [-0.25, -0.2) is 0 Å². The largest absolute Gasteiger partial charge is 0.356 e. The molecular formula is Si5+. The molecule has 0 N–H and O–H groups in total. The Morgan fingerprint density at radius 1 is 1.00 bits per heavy atom. The van der Waals surface area contributed by atoms with Gasteiger partial charge in [-0.1, -0.05) is 0 Å². The van der Waals surface area contributed by atoms with Gasteiger partial charge < -0.3 is 0 Å². The van der Waals surface area contributed by atoms with Crippen LogP contribution in [0.2, 0.25) is 0 Å². The molecule has 1 aliphatic heterocycles. The van der Waals surface area contributed by atoms with E-state index in [4.69, 9.17) is 0 Å². The molecule has 5 heteroatoms. The van der Waals surface area contributed by atoms with Crippen molar-refractivity contribution in [3.63, 3.8) is 0 Å². The van der Waals surface area contributed by atoms with Gasteiger partial charge in [-0.2, -0.15) is 0 Å². The van der Waals surface area contributed by atoms with Crippen LogP contribution in [0.25, 0.3) is 0 Å². The van der Waals surface area contributed by atoms with E-state index < -0.39 is 0 Å². The van der Waals surface area contributed by atoms with Gasteiger partial charge in [0.2, 0.25) is 0 Å². The lowest BCUT2D eigenvalue weighted by molar-refractivity contribution is 4.11. The Kier molecular flexibility index (Phi) is 1.95. The summed E-state index contributed by atoms with van der Waals surface area (Å²) in [5, 5.41) is 0. The molecule has 19 valence electrons. The van der Waals surface area contributed by atoms with E-state index in [1.54, 1.807) is 0 Å². The molecule has 5 heavy (non-hydrogen) atoms. The first kappa shape index (κ1) is 4.25. The van der Waals surface area contributed by atoms with E-state index in [2.05, 4.69) is 0 Å². The Balaban J connectivity index is 2.32. The molecule has 0 unspecified atom stereocenters. The molecule has 0 amide bonds. The molecule has 7 radical (unpaired) electrons. The molecule has 0 nitrogen and oxygen atoms in total. The van der Waals surface area contributed by atoms with Gasteiger partial charge in [-0.05, 0) is 0 Å². The van der Waals surface area contributed by atoms with Crippen molar-refractivity contribution in [3.05, 3.63) is 0 Å². The zero-order valence-electron chi connectivity index (χ0n) is 2.50. The fourth-order valence-corrected chi connectivity index (χ4v) is 38.0. The molecule has 1 aliphatic rings. The molecule has 0 saturated heterocycles. The van der Waals surface area contributed by atoms with E-state index in [0.29, 0.717) is 0 Å². The molecule has 1 heterocycles. The third-order valence-corrected chi connectivity index (χ3v) is 25.3. The summed E-state index contributed by atoms with van der Waals surface area (Å²) >= 11 is 0. The third-order valence-electron chi connectivity index (χ3n) is 0.312. The highest BCUT2D eigenvalue weighted by Gasteiger charge is 2.14. The third kappa shape index (κ3) is 1.31. The van der Waals surface area contributed by atoms with E-state index >= 15 is 0 Å². The van der Waals surface area contributed by atoms with Gasteiger partial charge in [-0.15, -0.1) is 0 Å². The molecule has 0 atom stereocenters. The summed E-state index contributed by atoms with van der Waals surface area (Å²) < 4.78 is 0. The first-order chi connectivity index (χ1) is 2.50. The van der Waals surface area contributed by atoms with E-state index in [-0.39, 0.29) is 0 Å². The van der Waals surface area contributed by atoms with Crippen LogP contribution in [0, 0.1) is 0 Å². The summed E-state index contributed by atoms with van der Waals surface area (Å²) in [7, 11) is 6.94. The second kappa shape index (κ2) is 2.29. The van der Waals surface area contributed by atoms with Crippen LogP contribution in [0.4, 0.5) is 0 Å². The smallest absolute Gasteiger partial charge is 0.0258 e. The van der Waals surface area contributed by atoms with E-state index in [9.17, 15) is 0 Å². The van der Waals surface area contributed by atoms with Crippen molar-refractivity contribution in [1.29, 1.82) is 0 Å². The molecule has 0 bridgehead atoms. The van der Waals surface area contributed by atoms with E-state index in [1.165, 1.54) is 41.9 Å². The van der Waals surface area contributed by atoms with Crippen LogP contribution >= 0.6 is 0 Å². The second-order valence-corrected chi connectivity index (χ2v) is 16.9. The predicted octanol–water partition coefficient (Wildman–Crippen LogP) is -1.90. The molecule has 0 spiro atoms. The van der Waals surface area contributed by atoms with Crippen LogP contribution in [0.15, 0.2) is 0 Å². The van der Waals surface area contributed by atoms with Crippen molar-refractivity contribution in [1.82, 2.24) is 0 Å². The summed E-state index contributed by atoms with van der Waals surface area (Å²) in [6.45, 7) is 0. The van der Waals surface area contributed by atoms with Crippen molar-refractivity contribution < 1.29 is 0 Å². The Bertz CT molecular complexity index is 38.0. The maximum absolute atomic E-state index is 1.39. The zero-order chi connectivity index (χ0) is 3.54. The lowest BCUT2D eigenvalue weighted by Gasteiger charge is -1.35. The first-order valence-corrected chi connectivity index (χ1v) is 11.2. The highest BCUT2D eigenvalue weighted by Crippen LogP contribution is 1.52. The Labute approximate surface area is 42.3 Å². The Hall–Kier alpha value is 1.08. The monoisotopic (exact) mass is 140 g/mol. The fraction of sp³-hybridized carbons (Fsp3) is 0. The molecule has 0 aromatic rings. The minimum atomic E-state index is 1.39. The van der Waals surface area contributed by atoms with Gasteiger partial charge >= 0.3 is 8.55 Å². The van der Waals surface area contributed by atoms with Gasteiger partial charge in [-0.3, -0.25) is 0 Å². The normalized spacial score (nSPS) is 19.2. The highest BCUT2D eigenvalue weighted by molar-refractivity contribution is 7.65. The van der Waals surface area contributed by atoms with Crippen LogP contribution in [0.3, 0.4) is 0 Å². The maximum atomic E-state index is 1.39. The lowest BCUT2D eigenvalue weighted by atomic mass is 26.4. The number of hydrogen-bond donors (Lipinski definition) is 0. The van der Waals surface area contributed by atoms with Crippen molar-refractivity contribution in [2.75, 3.05) is 0 Å². The quantitative estimate of drug-likeness (QED) is 0.345. The van der Waals surface area contributed by atoms with Gasteiger partial charge in [0, 0.05) is 16.3 Å². The fourth-order valence-electron chi connectivity index (χ4n) is 0.156. The highest BCUT2D eigenvalue weighted by atomic mass is 30.0. The van der Waals surface area contributed by atoms with Gasteiger partial charge in [0.1, 0.15) is 0 Å². The van der Waals surface area contributed by atoms with E-state index in [1.807, 2.05) is 0 Å². The summed E-state index contributed by atoms with van der Waals surface area (Å²) in [6, 6.07) is 0. The second-order valence-electron chi connectivity index (χ2n) is 0.625. The van der Waals surface area contributed by atoms with Gasteiger partial charge in [0.25, 0.3) is 17.1 Å². The Morgan fingerprint density at radius 2 is 1.60 bits per heavy atom. The van der Waals surface area contributed by atoms with Crippen molar-refractivity contribution in [3.8, 4) is 0 Å². The van der Waals surface area contributed by atoms with Crippen LogP contribution in [-0.4, -0.2) is 41.9 Å². The van der Waals surface area contributed by atoms with Crippen LogP contribution < -0.4 is 0 Å². The van der Waals surface area contributed by atoms with Gasteiger partial charge in [0.15, 0.2) is 0 Å². The molecule has 0 aliphatic carbocycles. The SMILES string of the molecule is [Si]1[Si]=[Si][Si][Si+]1. The summed E-state index contributed by atoms with van der Waals surface area (Å²) in [6.07, 6.45) is 0. The Morgan fingerprint density at radius 3 is 1.80 bits per heavy atom. The molecule has 0 aromatic heterocycles. The minimum absolute atomic E-state index is 1.39. The molecule has 0 fully saturated rings. The zero-order valence-corrected chi connectivity index (χ0v) is 7.50. The van der Waals surface area contributed by atoms with E-state index in [0.717, 1.165) is 0 Å². The van der Waals surface area contributed by atoms with Crippen molar-refractivity contribution in [2.45, 2.75) is 0 Å². The van der Waals surface area contributed by atoms with Crippen LogP contribution in [0.5, 0.6) is 0 Å². The summed E-state index contributed by atoms with van der Waals surface area (Å²) in [5.74, 6) is 0. The molecular weight excluding hydrogens is 140 g/mol. The van der Waals surface area contributed by atoms with Gasteiger partial charge in [0.05, 0.1) is 0 Å². The number of hydrogen-bond acceptors (Lipinski definition) is 0. The van der Waals surface area contributed by atoms with Crippen molar-refractivity contribution >= 4 is 41.9 Å². The van der Waals surface area contributed by atoms with Crippen LogP contribution in [-0.2, 0) is 0 Å². The molecule has 0 aromatic carbocycles. The summed E-state index contributed by atoms with van der Waals surface area (Å²) in [4.78, 5) is 0. The average molecular weight is 140 g/mol. The molecule has 1 rings (SSSR count).